The van der Waals surface area contributed by atoms with E-state index in [4.69, 9.17) is 4.74 Å². The summed E-state index contributed by atoms with van der Waals surface area (Å²) in [5, 5.41) is 0. The standard InChI is InChI=1S/C19H18N4O3/c1-26-16-7-5-14(6-8-16)13-23-17(24)9-11-22(19(23)25)18-20-12-15-4-2-3-10-21(15)18/h2-8,10,12H,9,11,13H2,1H3. The number of imide groups is 1. The number of imidazole rings is 1. The molecule has 0 unspecified atom stereocenters. The van der Waals surface area contributed by atoms with Crippen LogP contribution < -0.4 is 9.64 Å². The number of hydrogen-bond acceptors (Lipinski definition) is 4. The van der Waals surface area contributed by atoms with Crippen LogP contribution in [0, 0.1) is 0 Å². The molecule has 4 rings (SSSR count). The van der Waals surface area contributed by atoms with Crippen molar-refractivity contribution in [3.8, 4) is 5.75 Å². The summed E-state index contributed by atoms with van der Waals surface area (Å²) in [5.74, 6) is 1.08. The van der Waals surface area contributed by atoms with Crippen molar-refractivity contribution in [2.45, 2.75) is 13.0 Å². The molecular weight excluding hydrogens is 332 g/mol. The first-order valence-corrected chi connectivity index (χ1v) is 8.34. The van der Waals surface area contributed by atoms with Crippen LogP contribution in [-0.4, -0.2) is 39.9 Å². The highest BCUT2D eigenvalue weighted by Gasteiger charge is 2.34. The maximum Gasteiger partial charge on any atom is 0.333 e. The molecule has 1 aliphatic rings. The quantitative estimate of drug-likeness (QED) is 0.726. The van der Waals surface area contributed by atoms with Crippen molar-refractivity contribution in [1.82, 2.24) is 14.3 Å². The molecule has 0 bridgehead atoms. The number of ether oxygens (including phenoxy) is 1. The Bertz CT molecular complexity index is 964. The number of methoxy groups -OCH3 is 1. The molecule has 1 saturated heterocycles. The number of benzene rings is 1. The van der Waals surface area contributed by atoms with Crippen LogP contribution >= 0.6 is 0 Å². The summed E-state index contributed by atoms with van der Waals surface area (Å²) in [7, 11) is 1.60. The number of aromatic nitrogens is 2. The lowest BCUT2D eigenvalue weighted by molar-refractivity contribution is -0.129. The van der Waals surface area contributed by atoms with Crippen molar-refractivity contribution in [3.05, 3.63) is 60.4 Å². The molecule has 1 aliphatic heterocycles. The van der Waals surface area contributed by atoms with E-state index in [9.17, 15) is 9.59 Å². The normalized spacial score (nSPS) is 15.0. The Morgan fingerprint density at radius 1 is 1.12 bits per heavy atom. The molecule has 0 spiro atoms. The number of rotatable bonds is 4. The minimum atomic E-state index is -0.353. The maximum absolute atomic E-state index is 13.0. The molecule has 0 radical (unpaired) electrons. The smallest absolute Gasteiger partial charge is 0.333 e. The van der Waals surface area contributed by atoms with Crippen LogP contribution in [0.2, 0.25) is 0 Å². The van der Waals surface area contributed by atoms with Crippen LogP contribution in [0.1, 0.15) is 12.0 Å². The summed E-state index contributed by atoms with van der Waals surface area (Å²) in [6.45, 7) is 0.548. The zero-order valence-corrected chi connectivity index (χ0v) is 14.3. The van der Waals surface area contributed by atoms with Gasteiger partial charge in [0.25, 0.3) is 0 Å². The van der Waals surface area contributed by atoms with Gasteiger partial charge >= 0.3 is 6.03 Å². The molecule has 3 aromatic rings. The van der Waals surface area contributed by atoms with Gasteiger partial charge in [0.1, 0.15) is 5.75 Å². The number of nitrogens with zero attached hydrogens (tertiary/aromatic N) is 4. The molecule has 2 aromatic heterocycles. The molecule has 0 aliphatic carbocycles. The number of anilines is 1. The van der Waals surface area contributed by atoms with Crippen molar-refractivity contribution in [2.75, 3.05) is 18.6 Å². The highest BCUT2D eigenvalue weighted by atomic mass is 16.5. The number of amides is 3. The lowest BCUT2D eigenvalue weighted by atomic mass is 10.2. The molecule has 0 N–H and O–H groups in total. The third-order valence-corrected chi connectivity index (χ3v) is 4.47. The topological polar surface area (TPSA) is 67.2 Å². The summed E-state index contributed by atoms with van der Waals surface area (Å²) >= 11 is 0. The van der Waals surface area contributed by atoms with Crippen LogP contribution in [0.25, 0.3) is 5.52 Å². The number of carbonyl (C=O) groups excluding carboxylic acids is 2. The molecule has 7 nitrogen and oxygen atoms in total. The van der Waals surface area contributed by atoms with Gasteiger partial charge in [0, 0.05) is 19.2 Å². The second kappa shape index (κ2) is 6.51. The number of carbonyl (C=O) groups is 2. The highest BCUT2D eigenvalue weighted by molar-refractivity contribution is 6.05. The fourth-order valence-corrected chi connectivity index (χ4v) is 3.07. The third-order valence-electron chi connectivity index (χ3n) is 4.47. The lowest BCUT2D eigenvalue weighted by Gasteiger charge is -2.33. The second-order valence-corrected chi connectivity index (χ2v) is 6.07. The molecule has 1 aromatic carbocycles. The van der Waals surface area contributed by atoms with Gasteiger partial charge in [0.15, 0.2) is 0 Å². The molecular formula is C19H18N4O3. The first-order chi connectivity index (χ1) is 12.7. The van der Waals surface area contributed by atoms with Crippen LogP contribution in [0.15, 0.2) is 54.9 Å². The summed E-state index contributed by atoms with van der Waals surface area (Å²) in [6, 6.07) is 12.7. The predicted molar refractivity (Wildman–Crippen MR) is 96.1 cm³/mol. The first-order valence-electron chi connectivity index (χ1n) is 8.34. The Morgan fingerprint density at radius 2 is 1.92 bits per heavy atom. The van der Waals surface area contributed by atoms with Gasteiger partial charge in [-0.15, -0.1) is 0 Å². The van der Waals surface area contributed by atoms with Gasteiger partial charge in [0.2, 0.25) is 11.9 Å². The minimum Gasteiger partial charge on any atom is -0.497 e. The van der Waals surface area contributed by atoms with Gasteiger partial charge in [-0.05, 0) is 29.8 Å². The Kier molecular flexibility index (Phi) is 4.04. The Balaban J connectivity index is 1.61. The molecule has 7 heteroatoms. The number of fused-ring (bicyclic) bond motifs is 1. The van der Waals surface area contributed by atoms with Crippen LogP contribution in [0.5, 0.6) is 5.75 Å². The van der Waals surface area contributed by atoms with E-state index in [2.05, 4.69) is 4.98 Å². The van der Waals surface area contributed by atoms with Crippen molar-refractivity contribution >= 4 is 23.4 Å². The van der Waals surface area contributed by atoms with Crippen molar-refractivity contribution in [3.63, 3.8) is 0 Å². The van der Waals surface area contributed by atoms with Gasteiger partial charge in [-0.2, -0.15) is 0 Å². The molecule has 0 atom stereocenters. The Hall–Kier alpha value is -3.35. The maximum atomic E-state index is 13.0. The zero-order chi connectivity index (χ0) is 18.1. The number of urea groups is 1. The van der Waals surface area contributed by atoms with E-state index in [1.54, 1.807) is 18.2 Å². The van der Waals surface area contributed by atoms with Gasteiger partial charge < -0.3 is 4.74 Å². The van der Waals surface area contributed by atoms with Gasteiger partial charge in [0.05, 0.1) is 25.4 Å². The monoisotopic (exact) mass is 350 g/mol. The average Bonchev–Trinajstić information content (AvgIpc) is 3.10. The van der Waals surface area contributed by atoms with Gasteiger partial charge in [-0.1, -0.05) is 18.2 Å². The summed E-state index contributed by atoms with van der Waals surface area (Å²) < 4.78 is 6.99. The van der Waals surface area contributed by atoms with Crippen LogP contribution in [0.4, 0.5) is 10.7 Å². The third kappa shape index (κ3) is 2.77. The molecule has 3 heterocycles. The molecule has 1 fully saturated rings. The SMILES string of the molecule is COc1ccc(CN2C(=O)CCN(c3ncc4ccccn34)C2=O)cc1. The molecule has 3 amide bonds. The zero-order valence-electron chi connectivity index (χ0n) is 14.3. The number of pyridine rings is 1. The average molecular weight is 350 g/mol. The fourth-order valence-electron chi connectivity index (χ4n) is 3.07. The van der Waals surface area contributed by atoms with E-state index in [0.29, 0.717) is 12.5 Å². The van der Waals surface area contributed by atoms with Crippen molar-refractivity contribution < 1.29 is 14.3 Å². The van der Waals surface area contributed by atoms with Gasteiger partial charge in [-0.25, -0.2) is 9.78 Å². The van der Waals surface area contributed by atoms with E-state index in [0.717, 1.165) is 16.8 Å². The van der Waals surface area contributed by atoms with E-state index >= 15 is 0 Å². The second-order valence-electron chi connectivity index (χ2n) is 6.07. The van der Waals surface area contributed by atoms with Crippen molar-refractivity contribution in [2.24, 2.45) is 0 Å². The van der Waals surface area contributed by atoms with E-state index in [1.165, 1.54) is 4.90 Å². The van der Waals surface area contributed by atoms with Crippen LogP contribution in [0.3, 0.4) is 0 Å². The first kappa shape index (κ1) is 16.1. The van der Waals surface area contributed by atoms with Gasteiger partial charge in [-0.3, -0.25) is 19.0 Å². The molecule has 132 valence electrons. The van der Waals surface area contributed by atoms with Crippen LogP contribution in [-0.2, 0) is 11.3 Å². The summed E-state index contributed by atoms with van der Waals surface area (Å²) in [5.41, 5.74) is 1.76. The fraction of sp³-hybridized carbons (Fsp3) is 0.211. The van der Waals surface area contributed by atoms with E-state index in [-0.39, 0.29) is 24.9 Å². The number of hydrogen-bond donors (Lipinski definition) is 0. The van der Waals surface area contributed by atoms with E-state index in [1.807, 2.05) is 53.1 Å². The van der Waals surface area contributed by atoms with E-state index < -0.39 is 0 Å². The minimum absolute atomic E-state index is 0.178. The summed E-state index contributed by atoms with van der Waals surface area (Å²) in [6.07, 6.45) is 3.84. The lowest BCUT2D eigenvalue weighted by Crippen LogP contribution is -2.52. The largest absolute Gasteiger partial charge is 0.497 e. The van der Waals surface area contributed by atoms with Crippen molar-refractivity contribution in [1.29, 1.82) is 0 Å². The predicted octanol–water partition coefficient (Wildman–Crippen LogP) is 2.70. The summed E-state index contributed by atoms with van der Waals surface area (Å²) in [4.78, 5) is 32.5. The highest BCUT2D eigenvalue weighted by Crippen LogP contribution is 2.23. The Labute approximate surface area is 150 Å². The molecule has 0 saturated carbocycles. The Morgan fingerprint density at radius 3 is 2.69 bits per heavy atom. The molecule has 26 heavy (non-hydrogen) atoms.